The number of carboxylic acids is 1. The van der Waals surface area contributed by atoms with Crippen molar-refractivity contribution in [2.45, 2.75) is 25.9 Å². The van der Waals surface area contributed by atoms with Crippen molar-refractivity contribution in [1.82, 2.24) is 10.6 Å². The number of carbonyl (C=O) groups is 2. The van der Waals surface area contributed by atoms with Crippen LogP contribution in [0.4, 0.5) is 0 Å². The summed E-state index contributed by atoms with van der Waals surface area (Å²) < 4.78 is 0. The summed E-state index contributed by atoms with van der Waals surface area (Å²) >= 11 is 5.95. The van der Waals surface area contributed by atoms with Crippen LogP contribution in [-0.2, 0) is 16.1 Å². The van der Waals surface area contributed by atoms with E-state index in [1.165, 1.54) is 13.8 Å². The van der Waals surface area contributed by atoms with Crippen LogP contribution in [0.5, 0.6) is 0 Å². The van der Waals surface area contributed by atoms with Crippen molar-refractivity contribution in [1.29, 1.82) is 0 Å². The number of halogens is 1. The second kappa shape index (κ2) is 6.54. The summed E-state index contributed by atoms with van der Waals surface area (Å²) in [6, 6.07) is 7.20. The van der Waals surface area contributed by atoms with E-state index in [-0.39, 0.29) is 12.5 Å². The number of carboxylic acid groups (broad SMARTS) is 1. The molecule has 0 atom stereocenters. The van der Waals surface area contributed by atoms with Crippen molar-refractivity contribution < 1.29 is 14.7 Å². The van der Waals surface area contributed by atoms with Crippen LogP contribution in [0.1, 0.15) is 19.4 Å². The fourth-order valence-electron chi connectivity index (χ4n) is 1.27. The van der Waals surface area contributed by atoms with E-state index in [0.29, 0.717) is 11.6 Å². The normalized spacial score (nSPS) is 11.1. The van der Waals surface area contributed by atoms with E-state index in [1.807, 2.05) is 18.2 Å². The molecule has 0 spiro atoms. The van der Waals surface area contributed by atoms with Crippen molar-refractivity contribution in [3.63, 3.8) is 0 Å². The molecule has 1 aromatic rings. The highest BCUT2D eigenvalue weighted by Gasteiger charge is 2.26. The Bertz CT molecular complexity index is 475. The number of benzene rings is 1. The third kappa shape index (κ3) is 4.89. The number of aliphatic carboxylic acids is 1. The molecule has 1 aromatic carbocycles. The van der Waals surface area contributed by atoms with Gasteiger partial charge >= 0.3 is 5.97 Å². The van der Waals surface area contributed by atoms with Crippen molar-refractivity contribution in [2.24, 2.45) is 0 Å². The van der Waals surface area contributed by atoms with Crippen molar-refractivity contribution in [2.75, 3.05) is 6.54 Å². The lowest BCUT2D eigenvalue weighted by Crippen LogP contribution is -2.50. The summed E-state index contributed by atoms with van der Waals surface area (Å²) in [6.07, 6.45) is 0. The SMILES string of the molecule is CC(C)(NCC(=O)NCc1ccccc1Cl)C(=O)O. The van der Waals surface area contributed by atoms with Gasteiger partial charge in [0, 0.05) is 11.6 Å². The third-order valence-corrected chi connectivity index (χ3v) is 3.03. The highest BCUT2D eigenvalue weighted by molar-refractivity contribution is 6.31. The van der Waals surface area contributed by atoms with Gasteiger partial charge < -0.3 is 10.4 Å². The van der Waals surface area contributed by atoms with Crippen LogP contribution in [0.25, 0.3) is 0 Å². The zero-order chi connectivity index (χ0) is 14.5. The lowest BCUT2D eigenvalue weighted by Gasteiger charge is -2.20. The Labute approximate surface area is 117 Å². The fourth-order valence-corrected chi connectivity index (χ4v) is 1.48. The van der Waals surface area contributed by atoms with Crippen LogP contribution < -0.4 is 10.6 Å². The lowest BCUT2D eigenvalue weighted by molar-refractivity contribution is -0.143. The third-order valence-electron chi connectivity index (χ3n) is 2.66. The van der Waals surface area contributed by atoms with Gasteiger partial charge in [0.2, 0.25) is 5.91 Å². The van der Waals surface area contributed by atoms with Gasteiger partial charge in [-0.1, -0.05) is 29.8 Å². The first-order chi connectivity index (χ1) is 8.83. The first kappa shape index (κ1) is 15.5. The van der Waals surface area contributed by atoms with Crippen LogP contribution in [0.3, 0.4) is 0 Å². The van der Waals surface area contributed by atoms with Gasteiger partial charge in [0.15, 0.2) is 0 Å². The minimum atomic E-state index is -1.14. The fraction of sp³-hybridized carbons (Fsp3) is 0.385. The summed E-state index contributed by atoms with van der Waals surface area (Å²) in [5, 5.41) is 14.8. The molecule has 0 heterocycles. The number of hydrogen-bond acceptors (Lipinski definition) is 3. The molecule has 0 aliphatic heterocycles. The average Bonchev–Trinajstić information content (AvgIpc) is 2.35. The van der Waals surface area contributed by atoms with Crippen LogP contribution in [0.2, 0.25) is 5.02 Å². The van der Waals surface area contributed by atoms with Gasteiger partial charge in [-0.25, -0.2) is 0 Å². The quantitative estimate of drug-likeness (QED) is 0.738. The molecule has 0 saturated carbocycles. The first-order valence-electron chi connectivity index (χ1n) is 5.81. The van der Waals surface area contributed by atoms with Crippen molar-refractivity contribution >= 4 is 23.5 Å². The highest BCUT2D eigenvalue weighted by Crippen LogP contribution is 2.14. The van der Waals surface area contributed by atoms with E-state index in [0.717, 1.165) is 5.56 Å². The molecule has 1 amide bonds. The van der Waals surface area contributed by atoms with Crippen molar-refractivity contribution in [3.05, 3.63) is 34.9 Å². The Balaban J connectivity index is 2.41. The lowest BCUT2D eigenvalue weighted by atomic mass is 10.1. The van der Waals surface area contributed by atoms with Crippen molar-refractivity contribution in [3.8, 4) is 0 Å². The van der Waals surface area contributed by atoms with Gasteiger partial charge in [0.05, 0.1) is 6.54 Å². The second-order valence-corrected chi connectivity index (χ2v) is 5.06. The molecule has 0 saturated heterocycles. The maximum Gasteiger partial charge on any atom is 0.323 e. The maximum absolute atomic E-state index is 11.6. The van der Waals surface area contributed by atoms with Crippen LogP contribution in [-0.4, -0.2) is 29.1 Å². The molecule has 0 radical (unpaired) electrons. The molecule has 5 nitrogen and oxygen atoms in total. The van der Waals surface area contributed by atoms with Crippen LogP contribution >= 0.6 is 11.6 Å². The molecule has 0 aromatic heterocycles. The zero-order valence-electron chi connectivity index (χ0n) is 10.9. The molecule has 3 N–H and O–H groups in total. The van der Waals surface area contributed by atoms with E-state index < -0.39 is 11.5 Å². The molecule has 0 aliphatic carbocycles. The number of nitrogens with one attached hydrogen (secondary N) is 2. The molecule has 6 heteroatoms. The number of carbonyl (C=O) groups excluding carboxylic acids is 1. The molecule has 0 unspecified atom stereocenters. The summed E-state index contributed by atoms with van der Waals surface area (Å²) in [6.45, 7) is 3.24. The molecule has 0 bridgehead atoms. The summed E-state index contributed by atoms with van der Waals surface area (Å²) in [5.74, 6) is -1.29. The predicted molar refractivity (Wildman–Crippen MR) is 73.0 cm³/mol. The smallest absolute Gasteiger partial charge is 0.323 e. The molecular weight excluding hydrogens is 268 g/mol. The van der Waals surface area contributed by atoms with Gasteiger partial charge in [-0.05, 0) is 25.5 Å². The van der Waals surface area contributed by atoms with Gasteiger partial charge in [-0.15, -0.1) is 0 Å². The van der Waals surface area contributed by atoms with E-state index in [9.17, 15) is 9.59 Å². The van der Waals surface area contributed by atoms with Crippen LogP contribution in [0, 0.1) is 0 Å². The number of hydrogen-bond donors (Lipinski definition) is 3. The Hall–Kier alpha value is -1.59. The van der Waals surface area contributed by atoms with E-state index >= 15 is 0 Å². The largest absolute Gasteiger partial charge is 0.480 e. The summed E-state index contributed by atoms with van der Waals surface area (Å²) in [5.41, 5.74) is -0.322. The van der Waals surface area contributed by atoms with Crippen LogP contribution in [0.15, 0.2) is 24.3 Å². The monoisotopic (exact) mass is 284 g/mol. The Morgan fingerprint density at radius 1 is 1.32 bits per heavy atom. The average molecular weight is 285 g/mol. The zero-order valence-corrected chi connectivity index (χ0v) is 11.6. The Kier molecular flexibility index (Phi) is 5.32. The molecule has 1 rings (SSSR count). The van der Waals surface area contributed by atoms with Gasteiger partial charge in [-0.2, -0.15) is 0 Å². The maximum atomic E-state index is 11.6. The molecular formula is C13H17ClN2O3. The van der Waals surface area contributed by atoms with E-state index in [4.69, 9.17) is 16.7 Å². The Morgan fingerprint density at radius 2 is 1.95 bits per heavy atom. The highest BCUT2D eigenvalue weighted by atomic mass is 35.5. The van der Waals surface area contributed by atoms with E-state index in [2.05, 4.69) is 10.6 Å². The summed E-state index contributed by atoms with van der Waals surface area (Å²) in [7, 11) is 0. The number of amides is 1. The van der Waals surface area contributed by atoms with Gasteiger partial charge in [-0.3, -0.25) is 14.9 Å². The first-order valence-corrected chi connectivity index (χ1v) is 6.19. The second-order valence-electron chi connectivity index (χ2n) is 4.65. The van der Waals surface area contributed by atoms with Gasteiger partial charge in [0.1, 0.15) is 5.54 Å². The predicted octanol–water partition coefficient (Wildman–Crippen LogP) is 1.41. The minimum Gasteiger partial charge on any atom is -0.480 e. The minimum absolute atomic E-state index is 0.0657. The molecule has 19 heavy (non-hydrogen) atoms. The summed E-state index contributed by atoms with van der Waals surface area (Å²) in [4.78, 5) is 22.4. The van der Waals surface area contributed by atoms with Gasteiger partial charge in [0.25, 0.3) is 0 Å². The number of rotatable bonds is 6. The molecule has 0 fully saturated rings. The topological polar surface area (TPSA) is 78.4 Å². The van der Waals surface area contributed by atoms with E-state index in [1.54, 1.807) is 6.07 Å². The Morgan fingerprint density at radius 3 is 2.53 bits per heavy atom. The molecule has 0 aliphatic rings. The standard InChI is InChI=1S/C13H17ClN2O3/c1-13(2,12(18)19)16-8-11(17)15-7-9-5-3-4-6-10(9)14/h3-6,16H,7-8H2,1-2H3,(H,15,17)(H,18,19). The molecule has 104 valence electrons.